The highest BCUT2D eigenvalue weighted by Crippen LogP contribution is 2.27. The van der Waals surface area contributed by atoms with Crippen molar-refractivity contribution in [1.82, 2.24) is 0 Å². The summed E-state index contributed by atoms with van der Waals surface area (Å²) < 4.78 is 1.10. The minimum absolute atomic E-state index is 0.286. The highest BCUT2D eigenvalue weighted by Gasteiger charge is 2.25. The van der Waals surface area contributed by atoms with E-state index < -0.39 is 5.60 Å². The Balaban J connectivity index is 2.68. The van der Waals surface area contributed by atoms with Crippen LogP contribution in [0.4, 0.5) is 0 Å². The van der Waals surface area contributed by atoms with E-state index in [1.807, 2.05) is 26.2 Å². The van der Waals surface area contributed by atoms with Gasteiger partial charge in [-0.05, 0) is 34.8 Å². The Kier molecular flexibility index (Phi) is 3.55. The van der Waals surface area contributed by atoms with Crippen LogP contribution in [0.3, 0.4) is 0 Å². The first-order valence-corrected chi connectivity index (χ1v) is 6.04. The molecule has 0 bridgehead atoms. The summed E-state index contributed by atoms with van der Waals surface area (Å²) in [5.41, 5.74) is -0.593. The highest BCUT2D eigenvalue weighted by atomic mass is 79.9. The lowest BCUT2D eigenvalue weighted by Gasteiger charge is -2.26. The van der Waals surface area contributed by atoms with E-state index in [0.717, 1.165) is 10.9 Å². The number of hydrogen-bond donors (Lipinski definition) is 1. The van der Waals surface area contributed by atoms with Crippen molar-refractivity contribution in [3.05, 3.63) is 20.8 Å². The van der Waals surface area contributed by atoms with Crippen molar-refractivity contribution in [3.8, 4) is 0 Å². The van der Waals surface area contributed by atoms with Crippen LogP contribution in [-0.4, -0.2) is 10.7 Å². The van der Waals surface area contributed by atoms with Gasteiger partial charge in [0, 0.05) is 21.2 Å². The van der Waals surface area contributed by atoms with Crippen molar-refractivity contribution >= 4 is 27.3 Å². The topological polar surface area (TPSA) is 20.2 Å². The molecule has 13 heavy (non-hydrogen) atoms. The van der Waals surface area contributed by atoms with Crippen molar-refractivity contribution in [1.29, 1.82) is 0 Å². The maximum Gasteiger partial charge on any atom is 0.0690 e. The molecule has 0 spiro atoms. The van der Waals surface area contributed by atoms with Crippen molar-refractivity contribution < 1.29 is 5.11 Å². The van der Waals surface area contributed by atoms with Gasteiger partial charge < -0.3 is 5.11 Å². The Morgan fingerprint density at radius 3 is 2.62 bits per heavy atom. The normalized spacial score (nSPS) is 16.2. The zero-order valence-electron chi connectivity index (χ0n) is 8.17. The maximum atomic E-state index is 10.0. The van der Waals surface area contributed by atoms with Crippen LogP contribution >= 0.6 is 27.3 Å². The van der Waals surface area contributed by atoms with E-state index in [0.29, 0.717) is 0 Å². The second-order valence-electron chi connectivity index (χ2n) is 3.92. The van der Waals surface area contributed by atoms with Gasteiger partial charge in [-0.1, -0.05) is 13.8 Å². The number of halogens is 1. The van der Waals surface area contributed by atoms with Crippen LogP contribution < -0.4 is 0 Å². The van der Waals surface area contributed by atoms with Crippen molar-refractivity contribution in [2.45, 2.75) is 32.8 Å². The van der Waals surface area contributed by atoms with Gasteiger partial charge in [0.05, 0.1) is 5.60 Å². The molecule has 1 N–H and O–H groups in total. The Hall–Kier alpha value is 0.140. The van der Waals surface area contributed by atoms with Gasteiger partial charge in [0.2, 0.25) is 0 Å². The predicted molar refractivity (Wildman–Crippen MR) is 61.2 cm³/mol. The molecule has 1 rings (SSSR count). The second-order valence-corrected chi connectivity index (χ2v) is 5.83. The van der Waals surface area contributed by atoms with Crippen molar-refractivity contribution in [2.24, 2.45) is 5.92 Å². The van der Waals surface area contributed by atoms with E-state index in [9.17, 15) is 5.11 Å². The van der Waals surface area contributed by atoms with Crippen LogP contribution in [0.1, 0.15) is 25.6 Å². The summed E-state index contributed by atoms with van der Waals surface area (Å²) >= 11 is 5.09. The van der Waals surface area contributed by atoms with Crippen LogP contribution in [-0.2, 0) is 6.42 Å². The molecule has 1 atom stereocenters. The molecule has 0 saturated carbocycles. The summed E-state index contributed by atoms with van der Waals surface area (Å²) in [6.45, 7) is 5.98. The molecule has 1 nitrogen and oxygen atoms in total. The first-order valence-electron chi connectivity index (χ1n) is 4.37. The average Bonchev–Trinajstić information content (AvgIpc) is 2.34. The van der Waals surface area contributed by atoms with Gasteiger partial charge in [-0.15, -0.1) is 11.3 Å². The molecule has 1 unspecified atom stereocenters. The van der Waals surface area contributed by atoms with Gasteiger partial charge in [-0.3, -0.25) is 0 Å². The molecule has 1 heterocycles. The SMILES string of the molecule is CC(C)C(C)(O)Cc1cc(Br)cs1. The van der Waals surface area contributed by atoms with E-state index in [1.54, 1.807) is 11.3 Å². The Labute approximate surface area is 91.9 Å². The third-order valence-corrected chi connectivity index (χ3v) is 4.10. The molecule has 1 aromatic heterocycles. The minimum Gasteiger partial charge on any atom is -0.390 e. The van der Waals surface area contributed by atoms with E-state index in [4.69, 9.17) is 0 Å². The number of rotatable bonds is 3. The molecule has 1 aromatic rings. The highest BCUT2D eigenvalue weighted by molar-refractivity contribution is 9.10. The average molecular weight is 263 g/mol. The number of aliphatic hydroxyl groups is 1. The zero-order valence-corrected chi connectivity index (χ0v) is 10.6. The summed E-state index contributed by atoms with van der Waals surface area (Å²) in [6, 6.07) is 2.07. The van der Waals surface area contributed by atoms with Crippen LogP contribution in [0.2, 0.25) is 0 Å². The first-order chi connectivity index (χ1) is 5.92. The monoisotopic (exact) mass is 262 g/mol. The zero-order chi connectivity index (χ0) is 10.1. The van der Waals surface area contributed by atoms with E-state index >= 15 is 0 Å². The predicted octanol–water partition coefficient (Wildman–Crippen LogP) is 3.46. The van der Waals surface area contributed by atoms with Gasteiger partial charge in [-0.2, -0.15) is 0 Å². The van der Waals surface area contributed by atoms with E-state index in [-0.39, 0.29) is 5.92 Å². The van der Waals surface area contributed by atoms with Crippen LogP contribution in [0.5, 0.6) is 0 Å². The van der Waals surface area contributed by atoms with Crippen molar-refractivity contribution in [2.75, 3.05) is 0 Å². The van der Waals surface area contributed by atoms with Crippen LogP contribution in [0.25, 0.3) is 0 Å². The third kappa shape index (κ3) is 3.08. The largest absolute Gasteiger partial charge is 0.390 e. The van der Waals surface area contributed by atoms with Gasteiger partial charge >= 0.3 is 0 Å². The molecule has 74 valence electrons. The fourth-order valence-corrected chi connectivity index (χ4v) is 2.61. The quantitative estimate of drug-likeness (QED) is 0.885. The van der Waals surface area contributed by atoms with E-state index in [2.05, 4.69) is 22.0 Å². The summed E-state index contributed by atoms with van der Waals surface area (Å²) in [6.07, 6.45) is 0.737. The van der Waals surface area contributed by atoms with Gasteiger partial charge in [0.15, 0.2) is 0 Å². The summed E-state index contributed by atoms with van der Waals surface area (Å²) in [5.74, 6) is 0.286. The summed E-state index contributed by atoms with van der Waals surface area (Å²) in [7, 11) is 0. The molecule has 0 saturated heterocycles. The van der Waals surface area contributed by atoms with Gasteiger partial charge in [0.1, 0.15) is 0 Å². The lowest BCUT2D eigenvalue weighted by atomic mass is 9.89. The molecular weight excluding hydrogens is 248 g/mol. The van der Waals surface area contributed by atoms with Gasteiger partial charge in [0.25, 0.3) is 0 Å². The summed E-state index contributed by atoms with van der Waals surface area (Å²) in [5, 5.41) is 12.1. The molecule has 0 radical (unpaired) electrons. The smallest absolute Gasteiger partial charge is 0.0690 e. The maximum absolute atomic E-state index is 10.0. The molecule has 0 amide bonds. The third-order valence-electron chi connectivity index (χ3n) is 2.40. The molecule has 0 aliphatic carbocycles. The Bertz CT molecular complexity index is 278. The molecule has 0 fully saturated rings. The number of thiophene rings is 1. The summed E-state index contributed by atoms with van der Waals surface area (Å²) in [4.78, 5) is 1.23. The van der Waals surface area contributed by atoms with Gasteiger partial charge in [-0.25, -0.2) is 0 Å². The van der Waals surface area contributed by atoms with Crippen LogP contribution in [0, 0.1) is 5.92 Å². The minimum atomic E-state index is -0.593. The molecular formula is C10H15BrOS. The first kappa shape index (κ1) is 11.2. The Morgan fingerprint density at radius 1 is 1.62 bits per heavy atom. The fraction of sp³-hybridized carbons (Fsp3) is 0.600. The number of hydrogen-bond acceptors (Lipinski definition) is 2. The Morgan fingerprint density at radius 2 is 2.23 bits per heavy atom. The molecule has 3 heteroatoms. The van der Waals surface area contributed by atoms with E-state index in [1.165, 1.54) is 4.88 Å². The lowest BCUT2D eigenvalue weighted by Crippen LogP contribution is -2.33. The fourth-order valence-electron chi connectivity index (χ4n) is 1.00. The molecule has 0 aromatic carbocycles. The lowest BCUT2D eigenvalue weighted by molar-refractivity contribution is 0.0147. The molecule has 0 aliphatic heterocycles. The molecule has 0 aliphatic rings. The van der Waals surface area contributed by atoms with Crippen molar-refractivity contribution in [3.63, 3.8) is 0 Å². The van der Waals surface area contributed by atoms with Crippen LogP contribution in [0.15, 0.2) is 15.9 Å². The second kappa shape index (κ2) is 4.11. The standard InChI is InChI=1S/C10H15BrOS/c1-7(2)10(3,12)5-9-4-8(11)6-13-9/h4,6-7,12H,5H2,1-3H3.